The first kappa shape index (κ1) is 14.3. The molecule has 1 aromatic heterocycles. The standard InChI is InChI=1S/C15H17Br2N3/c1-9-2-3-11(16)14-12(17)8-19-15(13(9)14)20-10-4-6-18-7-5-10/h2-3,8,10,18H,4-7H2,1H3,(H,19,20). The third kappa shape index (κ3) is 2.71. The molecule has 2 aromatic rings. The Balaban J connectivity index is 2.06. The molecule has 0 bridgehead atoms. The number of anilines is 1. The molecule has 1 aliphatic heterocycles. The van der Waals surface area contributed by atoms with Gasteiger partial charge in [0.05, 0.1) is 0 Å². The smallest absolute Gasteiger partial charge is 0.134 e. The molecule has 0 radical (unpaired) electrons. The van der Waals surface area contributed by atoms with Crippen LogP contribution in [0.1, 0.15) is 18.4 Å². The minimum atomic E-state index is 0.506. The number of pyridine rings is 1. The predicted molar refractivity (Wildman–Crippen MR) is 91.4 cm³/mol. The van der Waals surface area contributed by atoms with Crippen LogP contribution in [0.25, 0.3) is 10.8 Å². The normalized spacial score (nSPS) is 16.6. The van der Waals surface area contributed by atoms with E-state index in [1.54, 1.807) is 0 Å². The van der Waals surface area contributed by atoms with Crippen molar-refractivity contribution in [1.29, 1.82) is 0 Å². The van der Waals surface area contributed by atoms with Gasteiger partial charge in [-0.1, -0.05) is 22.0 Å². The number of fused-ring (bicyclic) bond motifs is 1. The van der Waals surface area contributed by atoms with Crippen LogP contribution in [0.4, 0.5) is 5.82 Å². The molecule has 0 aliphatic carbocycles. The highest BCUT2D eigenvalue weighted by Gasteiger charge is 2.17. The van der Waals surface area contributed by atoms with Crippen molar-refractivity contribution in [3.05, 3.63) is 32.8 Å². The third-order valence-corrected chi connectivity index (χ3v) is 5.09. The van der Waals surface area contributed by atoms with E-state index in [0.29, 0.717) is 6.04 Å². The van der Waals surface area contributed by atoms with Crippen LogP contribution in [0.2, 0.25) is 0 Å². The second-order valence-corrected chi connectivity index (χ2v) is 6.95. The van der Waals surface area contributed by atoms with Gasteiger partial charge in [-0.2, -0.15) is 0 Å². The van der Waals surface area contributed by atoms with Crippen LogP contribution in [0.3, 0.4) is 0 Å². The van der Waals surface area contributed by atoms with Gasteiger partial charge in [-0.25, -0.2) is 4.98 Å². The fourth-order valence-electron chi connectivity index (χ4n) is 2.74. The van der Waals surface area contributed by atoms with E-state index in [1.807, 2.05) is 6.20 Å². The molecule has 0 amide bonds. The maximum Gasteiger partial charge on any atom is 0.134 e. The lowest BCUT2D eigenvalue weighted by Gasteiger charge is -2.25. The number of piperidine rings is 1. The van der Waals surface area contributed by atoms with Crippen LogP contribution in [-0.4, -0.2) is 24.1 Å². The van der Waals surface area contributed by atoms with Crippen LogP contribution < -0.4 is 10.6 Å². The van der Waals surface area contributed by atoms with Crippen molar-refractivity contribution in [2.24, 2.45) is 0 Å². The molecule has 0 spiro atoms. The number of aryl methyl sites for hydroxylation is 1. The Morgan fingerprint density at radius 3 is 2.65 bits per heavy atom. The highest BCUT2D eigenvalue weighted by molar-refractivity contribution is 9.11. The van der Waals surface area contributed by atoms with Crippen molar-refractivity contribution in [2.75, 3.05) is 18.4 Å². The highest BCUT2D eigenvalue weighted by Crippen LogP contribution is 2.36. The molecule has 0 atom stereocenters. The lowest BCUT2D eigenvalue weighted by molar-refractivity contribution is 0.478. The molecule has 2 heterocycles. The fourth-order valence-corrected chi connectivity index (χ4v) is 4.06. The summed E-state index contributed by atoms with van der Waals surface area (Å²) in [4.78, 5) is 4.60. The Labute approximate surface area is 135 Å². The van der Waals surface area contributed by atoms with Crippen LogP contribution in [0, 0.1) is 6.92 Å². The number of aromatic nitrogens is 1. The van der Waals surface area contributed by atoms with Crippen molar-refractivity contribution in [3.8, 4) is 0 Å². The van der Waals surface area contributed by atoms with Crippen LogP contribution in [0.5, 0.6) is 0 Å². The second-order valence-electron chi connectivity index (χ2n) is 5.24. The van der Waals surface area contributed by atoms with E-state index in [4.69, 9.17) is 0 Å². The maximum atomic E-state index is 4.60. The van der Waals surface area contributed by atoms with E-state index in [0.717, 1.165) is 40.7 Å². The molecule has 1 saturated heterocycles. The summed E-state index contributed by atoms with van der Waals surface area (Å²) >= 11 is 7.26. The summed E-state index contributed by atoms with van der Waals surface area (Å²) in [7, 11) is 0. The lowest BCUT2D eigenvalue weighted by atomic mass is 10.0. The summed E-state index contributed by atoms with van der Waals surface area (Å²) in [5, 5.41) is 9.41. The summed E-state index contributed by atoms with van der Waals surface area (Å²) in [6.07, 6.45) is 4.18. The average molecular weight is 399 g/mol. The van der Waals surface area contributed by atoms with Crippen molar-refractivity contribution in [1.82, 2.24) is 10.3 Å². The largest absolute Gasteiger partial charge is 0.367 e. The van der Waals surface area contributed by atoms with E-state index < -0.39 is 0 Å². The second kappa shape index (κ2) is 6.00. The van der Waals surface area contributed by atoms with Crippen LogP contribution >= 0.6 is 31.9 Å². The van der Waals surface area contributed by atoms with Crippen LogP contribution in [0.15, 0.2) is 27.3 Å². The molecule has 3 nitrogen and oxygen atoms in total. The number of rotatable bonds is 2. The van der Waals surface area contributed by atoms with Gasteiger partial charge in [0.15, 0.2) is 0 Å². The predicted octanol–water partition coefficient (Wildman–Crippen LogP) is 4.23. The minimum Gasteiger partial charge on any atom is -0.367 e. The van der Waals surface area contributed by atoms with Crippen molar-refractivity contribution in [2.45, 2.75) is 25.8 Å². The zero-order valence-corrected chi connectivity index (χ0v) is 14.5. The summed E-state index contributed by atoms with van der Waals surface area (Å²) in [5.41, 5.74) is 1.24. The fraction of sp³-hybridized carbons (Fsp3) is 0.400. The Morgan fingerprint density at radius 2 is 1.90 bits per heavy atom. The summed E-state index contributed by atoms with van der Waals surface area (Å²) in [6, 6.07) is 4.73. The first-order valence-electron chi connectivity index (χ1n) is 6.87. The number of nitrogens with one attached hydrogen (secondary N) is 2. The minimum absolute atomic E-state index is 0.506. The molecule has 0 unspecified atom stereocenters. The average Bonchev–Trinajstić information content (AvgIpc) is 2.46. The molecule has 5 heteroatoms. The number of halogens is 2. The van der Waals surface area contributed by atoms with E-state index in [1.165, 1.54) is 16.3 Å². The zero-order valence-electron chi connectivity index (χ0n) is 11.3. The van der Waals surface area contributed by atoms with E-state index in [-0.39, 0.29) is 0 Å². The first-order chi connectivity index (χ1) is 9.66. The van der Waals surface area contributed by atoms with E-state index in [2.05, 4.69) is 66.5 Å². The molecule has 20 heavy (non-hydrogen) atoms. The van der Waals surface area contributed by atoms with Gasteiger partial charge in [0.1, 0.15) is 5.82 Å². The Morgan fingerprint density at radius 1 is 1.15 bits per heavy atom. The van der Waals surface area contributed by atoms with Gasteiger partial charge < -0.3 is 10.6 Å². The molecular formula is C15H17Br2N3. The van der Waals surface area contributed by atoms with Gasteiger partial charge in [-0.15, -0.1) is 0 Å². The lowest BCUT2D eigenvalue weighted by Crippen LogP contribution is -2.35. The number of nitrogens with zero attached hydrogens (tertiary/aromatic N) is 1. The summed E-state index contributed by atoms with van der Waals surface area (Å²) in [6.45, 7) is 4.29. The quantitative estimate of drug-likeness (QED) is 0.794. The Bertz CT molecular complexity index is 628. The van der Waals surface area contributed by atoms with E-state index in [9.17, 15) is 0 Å². The van der Waals surface area contributed by atoms with Crippen molar-refractivity contribution < 1.29 is 0 Å². The topological polar surface area (TPSA) is 37.0 Å². The molecule has 106 valence electrons. The van der Waals surface area contributed by atoms with Crippen molar-refractivity contribution >= 4 is 48.5 Å². The summed E-state index contributed by atoms with van der Waals surface area (Å²) < 4.78 is 2.12. The number of hydrogen-bond donors (Lipinski definition) is 2. The first-order valence-corrected chi connectivity index (χ1v) is 8.46. The molecule has 1 aliphatic rings. The molecule has 3 rings (SSSR count). The van der Waals surface area contributed by atoms with Gasteiger partial charge in [0.25, 0.3) is 0 Å². The molecule has 1 aromatic carbocycles. The highest BCUT2D eigenvalue weighted by atomic mass is 79.9. The van der Waals surface area contributed by atoms with Gasteiger partial charge in [0, 0.05) is 32.0 Å². The van der Waals surface area contributed by atoms with Gasteiger partial charge in [0.2, 0.25) is 0 Å². The van der Waals surface area contributed by atoms with Gasteiger partial charge in [-0.05, 0) is 60.4 Å². The van der Waals surface area contributed by atoms with Crippen molar-refractivity contribution in [3.63, 3.8) is 0 Å². The number of benzene rings is 1. The van der Waals surface area contributed by atoms with Gasteiger partial charge >= 0.3 is 0 Å². The monoisotopic (exact) mass is 397 g/mol. The summed E-state index contributed by atoms with van der Waals surface area (Å²) in [5.74, 6) is 0.994. The zero-order chi connectivity index (χ0) is 14.1. The molecule has 1 fully saturated rings. The third-order valence-electron chi connectivity index (χ3n) is 3.83. The number of hydrogen-bond acceptors (Lipinski definition) is 3. The SMILES string of the molecule is Cc1ccc(Br)c2c(Br)cnc(NC3CCNCC3)c12. The Kier molecular flexibility index (Phi) is 4.29. The molecular weight excluding hydrogens is 382 g/mol. The van der Waals surface area contributed by atoms with Gasteiger partial charge in [-0.3, -0.25) is 0 Å². The molecule has 2 N–H and O–H groups in total. The maximum absolute atomic E-state index is 4.60. The molecule has 0 saturated carbocycles. The Hall–Kier alpha value is -0.650. The van der Waals surface area contributed by atoms with E-state index >= 15 is 0 Å². The van der Waals surface area contributed by atoms with Crippen LogP contribution in [-0.2, 0) is 0 Å².